The molecule has 156 valence electrons. The van der Waals surface area contributed by atoms with Crippen molar-refractivity contribution >= 4 is 40.1 Å². The number of primary amides is 1. The number of carbonyl (C=O) groups excluding carboxylic acids is 2. The molecule has 2 amide bonds. The molecule has 0 saturated heterocycles. The zero-order valence-electron chi connectivity index (χ0n) is 15.9. The summed E-state index contributed by atoms with van der Waals surface area (Å²) in [5, 5.41) is 15.2. The van der Waals surface area contributed by atoms with Gasteiger partial charge in [0.05, 0.1) is 6.42 Å². The van der Waals surface area contributed by atoms with Crippen LogP contribution >= 0.6 is 22.9 Å². The van der Waals surface area contributed by atoms with Crippen molar-refractivity contribution in [2.75, 3.05) is 11.9 Å². The Hall–Kier alpha value is -3.01. The number of halogens is 1. The Balaban J connectivity index is 1.54. The summed E-state index contributed by atoms with van der Waals surface area (Å²) in [4.78, 5) is 23.6. The molecule has 30 heavy (non-hydrogen) atoms. The predicted octanol–water partition coefficient (Wildman–Crippen LogP) is 3.44. The third-order valence-electron chi connectivity index (χ3n) is 4.00. The molecule has 0 radical (unpaired) electrons. The van der Waals surface area contributed by atoms with Crippen molar-refractivity contribution in [2.24, 2.45) is 5.73 Å². The van der Waals surface area contributed by atoms with Crippen LogP contribution < -0.4 is 16.4 Å². The summed E-state index contributed by atoms with van der Waals surface area (Å²) < 4.78 is 5.34. The van der Waals surface area contributed by atoms with Crippen molar-refractivity contribution in [3.8, 4) is 10.6 Å². The molecule has 0 aliphatic rings. The van der Waals surface area contributed by atoms with Gasteiger partial charge < -0.3 is 15.8 Å². The van der Waals surface area contributed by atoms with Crippen LogP contribution in [0.2, 0.25) is 5.02 Å². The Labute approximate surface area is 182 Å². The van der Waals surface area contributed by atoms with Gasteiger partial charge in [0.2, 0.25) is 11.0 Å². The fourth-order valence-electron chi connectivity index (χ4n) is 2.63. The third kappa shape index (κ3) is 6.51. The van der Waals surface area contributed by atoms with Crippen LogP contribution in [0, 0.1) is 0 Å². The minimum Gasteiger partial charge on any atom is -0.444 e. The molecule has 3 aromatic rings. The summed E-state index contributed by atoms with van der Waals surface area (Å²) in [6.45, 7) is 0.684. The van der Waals surface area contributed by atoms with Gasteiger partial charge in [0.1, 0.15) is 11.1 Å². The first-order valence-electron chi connectivity index (χ1n) is 9.10. The lowest BCUT2D eigenvalue weighted by Crippen LogP contribution is -2.35. The van der Waals surface area contributed by atoms with Gasteiger partial charge >= 0.3 is 6.09 Å². The normalized spacial score (nSPS) is 11.6. The van der Waals surface area contributed by atoms with E-state index in [1.165, 1.54) is 11.3 Å². The van der Waals surface area contributed by atoms with Crippen molar-refractivity contribution in [2.45, 2.75) is 19.1 Å². The number of nitrogens with one attached hydrogen (secondary N) is 2. The maximum Gasteiger partial charge on any atom is 0.413 e. The van der Waals surface area contributed by atoms with E-state index >= 15 is 0 Å². The maximum absolute atomic E-state index is 12.2. The van der Waals surface area contributed by atoms with E-state index in [2.05, 4.69) is 20.8 Å². The summed E-state index contributed by atoms with van der Waals surface area (Å²) in [6.07, 6.45) is -1.60. The highest BCUT2D eigenvalue weighted by Gasteiger charge is 2.18. The van der Waals surface area contributed by atoms with Gasteiger partial charge in [-0.2, -0.15) is 0 Å². The molecule has 0 fully saturated rings. The minimum atomic E-state index is -0.744. The highest BCUT2D eigenvalue weighted by atomic mass is 35.5. The maximum atomic E-state index is 12.2. The minimum absolute atomic E-state index is 0.117. The number of carbonyl (C=O) groups is 2. The summed E-state index contributed by atoms with van der Waals surface area (Å²) in [7, 11) is 0. The number of nitrogens with zero attached hydrogens (tertiary/aromatic N) is 2. The van der Waals surface area contributed by atoms with Gasteiger partial charge in [0, 0.05) is 23.7 Å². The molecule has 4 N–H and O–H groups in total. The highest BCUT2D eigenvalue weighted by molar-refractivity contribution is 7.18. The Bertz CT molecular complexity index is 999. The highest BCUT2D eigenvalue weighted by Crippen LogP contribution is 2.26. The predicted molar refractivity (Wildman–Crippen MR) is 116 cm³/mol. The topological polar surface area (TPSA) is 119 Å². The smallest absolute Gasteiger partial charge is 0.413 e. The van der Waals surface area contributed by atoms with Crippen molar-refractivity contribution in [1.82, 2.24) is 15.5 Å². The average molecular weight is 446 g/mol. The first kappa shape index (κ1) is 21.7. The number of anilines is 1. The van der Waals surface area contributed by atoms with Crippen LogP contribution in [0.1, 0.15) is 12.0 Å². The van der Waals surface area contributed by atoms with Crippen molar-refractivity contribution in [3.63, 3.8) is 0 Å². The van der Waals surface area contributed by atoms with Gasteiger partial charge in [-0.3, -0.25) is 10.1 Å². The van der Waals surface area contributed by atoms with E-state index in [4.69, 9.17) is 22.1 Å². The molecular formula is C20H20ClN5O3S. The number of nitrogens with two attached hydrogens (primary N) is 1. The van der Waals surface area contributed by atoms with E-state index in [1.54, 1.807) is 6.07 Å². The van der Waals surface area contributed by atoms with E-state index in [9.17, 15) is 9.59 Å². The lowest BCUT2D eigenvalue weighted by Gasteiger charge is -2.17. The molecule has 2 aromatic carbocycles. The molecule has 1 heterocycles. The number of aromatic nitrogens is 2. The van der Waals surface area contributed by atoms with Crippen molar-refractivity contribution < 1.29 is 14.3 Å². The first-order valence-corrected chi connectivity index (χ1v) is 10.3. The number of benzene rings is 2. The van der Waals surface area contributed by atoms with E-state index in [0.29, 0.717) is 21.7 Å². The van der Waals surface area contributed by atoms with Crippen LogP contribution in [-0.2, 0) is 16.1 Å². The van der Waals surface area contributed by atoms with Gasteiger partial charge in [-0.1, -0.05) is 71.5 Å². The second kappa shape index (κ2) is 10.7. The lowest BCUT2D eigenvalue weighted by molar-refractivity contribution is -0.119. The van der Waals surface area contributed by atoms with E-state index in [0.717, 1.165) is 11.1 Å². The quantitative estimate of drug-likeness (QED) is 0.464. The molecule has 0 bridgehead atoms. The van der Waals surface area contributed by atoms with E-state index in [1.807, 2.05) is 48.5 Å². The van der Waals surface area contributed by atoms with E-state index in [-0.39, 0.29) is 13.0 Å². The van der Waals surface area contributed by atoms with Gasteiger partial charge in [-0.25, -0.2) is 4.79 Å². The lowest BCUT2D eigenvalue weighted by atomic mass is 10.2. The van der Waals surface area contributed by atoms with Crippen LogP contribution in [0.25, 0.3) is 10.6 Å². The van der Waals surface area contributed by atoms with Gasteiger partial charge in [-0.05, 0) is 11.6 Å². The Morgan fingerprint density at radius 3 is 2.57 bits per heavy atom. The fourth-order valence-corrected chi connectivity index (χ4v) is 3.57. The summed E-state index contributed by atoms with van der Waals surface area (Å²) in [5.74, 6) is -0.574. The van der Waals surface area contributed by atoms with Crippen LogP contribution in [0.5, 0.6) is 0 Å². The molecule has 0 saturated carbocycles. The van der Waals surface area contributed by atoms with Crippen LogP contribution in [-0.4, -0.2) is 34.8 Å². The summed E-state index contributed by atoms with van der Waals surface area (Å²) in [6, 6.07) is 16.9. The van der Waals surface area contributed by atoms with Crippen LogP contribution in [0.4, 0.5) is 9.93 Å². The van der Waals surface area contributed by atoms with Gasteiger partial charge in [0.15, 0.2) is 0 Å². The second-order valence-electron chi connectivity index (χ2n) is 6.32. The van der Waals surface area contributed by atoms with Crippen LogP contribution in [0.15, 0.2) is 54.6 Å². The second-order valence-corrected chi connectivity index (χ2v) is 7.71. The number of hydrogen-bond donors (Lipinski definition) is 3. The molecular weight excluding hydrogens is 426 g/mol. The molecule has 1 aromatic heterocycles. The number of hydrogen-bond acceptors (Lipinski definition) is 7. The zero-order valence-corrected chi connectivity index (χ0v) is 17.4. The molecule has 1 atom stereocenters. The molecule has 0 aliphatic carbocycles. The zero-order chi connectivity index (χ0) is 21.3. The molecule has 0 spiro atoms. The standard InChI is InChI=1S/C20H20ClN5O3S/c21-16-9-5-4-8-14(16)11-23-12-15(10-17(22)27)29-20(28)24-19-26-25-18(30-19)13-6-2-1-3-7-13/h1-9,15,23H,10-12H2,(H2,22,27)(H,24,26,28). The molecule has 3 rings (SSSR count). The number of rotatable bonds is 9. The number of amides is 2. The Morgan fingerprint density at radius 2 is 1.83 bits per heavy atom. The molecule has 10 heteroatoms. The third-order valence-corrected chi connectivity index (χ3v) is 5.26. The monoisotopic (exact) mass is 445 g/mol. The van der Waals surface area contributed by atoms with Crippen molar-refractivity contribution in [3.05, 3.63) is 65.2 Å². The number of ether oxygens (including phenoxy) is 1. The van der Waals surface area contributed by atoms with Crippen molar-refractivity contribution in [1.29, 1.82) is 0 Å². The largest absolute Gasteiger partial charge is 0.444 e. The Kier molecular flexibility index (Phi) is 7.72. The Morgan fingerprint density at radius 1 is 1.10 bits per heavy atom. The SMILES string of the molecule is NC(=O)CC(CNCc1ccccc1Cl)OC(=O)Nc1nnc(-c2ccccc2)s1. The van der Waals surface area contributed by atoms with Gasteiger partial charge in [0.25, 0.3) is 0 Å². The first-order chi connectivity index (χ1) is 14.5. The van der Waals surface area contributed by atoms with Crippen LogP contribution in [0.3, 0.4) is 0 Å². The van der Waals surface area contributed by atoms with E-state index < -0.39 is 18.1 Å². The average Bonchev–Trinajstić information content (AvgIpc) is 3.18. The van der Waals surface area contributed by atoms with Gasteiger partial charge in [-0.15, -0.1) is 10.2 Å². The fraction of sp³-hybridized carbons (Fsp3) is 0.200. The molecule has 0 aliphatic heterocycles. The molecule has 8 nitrogen and oxygen atoms in total. The summed E-state index contributed by atoms with van der Waals surface area (Å²) in [5.41, 5.74) is 7.06. The summed E-state index contributed by atoms with van der Waals surface area (Å²) >= 11 is 7.34. The molecule has 1 unspecified atom stereocenters.